The van der Waals surface area contributed by atoms with Gasteiger partial charge in [0.1, 0.15) is 0 Å². The highest BCUT2D eigenvalue weighted by Crippen LogP contribution is 2.28. The fraction of sp³-hybridized carbons (Fsp3) is 1.00. The Labute approximate surface area is 93.8 Å². The Morgan fingerprint density at radius 1 is 1.13 bits per heavy atom. The fourth-order valence-electron chi connectivity index (χ4n) is 3.14. The first-order valence-electron chi connectivity index (χ1n) is 6.69. The second-order valence-corrected chi connectivity index (χ2v) is 5.20. The minimum atomic E-state index is 0.421. The lowest BCUT2D eigenvalue weighted by atomic mass is 9.82. The van der Waals surface area contributed by atoms with Crippen molar-refractivity contribution >= 4 is 0 Å². The monoisotopic (exact) mass is 211 g/mol. The molecule has 0 amide bonds. The van der Waals surface area contributed by atoms with Gasteiger partial charge in [-0.15, -0.1) is 0 Å². The smallest absolute Gasteiger partial charge is 0.0700 e. The van der Waals surface area contributed by atoms with Crippen LogP contribution in [0, 0.1) is 5.92 Å². The molecule has 0 aromatic heterocycles. The zero-order chi connectivity index (χ0) is 10.7. The first kappa shape index (κ1) is 11.4. The molecule has 0 radical (unpaired) electrons. The molecule has 15 heavy (non-hydrogen) atoms. The predicted octanol–water partition coefficient (Wildman–Crippen LogP) is 2.72. The highest BCUT2D eigenvalue weighted by molar-refractivity contribution is 4.87. The van der Waals surface area contributed by atoms with Crippen molar-refractivity contribution in [1.82, 2.24) is 5.32 Å². The first-order valence-corrected chi connectivity index (χ1v) is 6.69. The minimum Gasteiger partial charge on any atom is -0.377 e. The van der Waals surface area contributed by atoms with E-state index in [9.17, 15) is 0 Å². The van der Waals surface area contributed by atoms with Crippen molar-refractivity contribution in [3.8, 4) is 0 Å². The summed E-state index contributed by atoms with van der Waals surface area (Å²) < 4.78 is 5.61. The summed E-state index contributed by atoms with van der Waals surface area (Å²) in [6.07, 6.45) is 8.61. The van der Waals surface area contributed by atoms with Gasteiger partial charge in [-0.1, -0.05) is 26.2 Å². The van der Waals surface area contributed by atoms with E-state index >= 15 is 0 Å². The molecule has 2 nitrogen and oxygen atoms in total. The summed E-state index contributed by atoms with van der Waals surface area (Å²) in [5.74, 6) is 0.909. The Balaban J connectivity index is 1.85. The van der Waals surface area contributed by atoms with Gasteiger partial charge < -0.3 is 10.1 Å². The van der Waals surface area contributed by atoms with Gasteiger partial charge >= 0.3 is 0 Å². The second-order valence-electron chi connectivity index (χ2n) is 5.20. The average molecular weight is 211 g/mol. The van der Waals surface area contributed by atoms with Crippen LogP contribution < -0.4 is 5.32 Å². The maximum Gasteiger partial charge on any atom is 0.0700 e. The second kappa shape index (κ2) is 5.31. The van der Waals surface area contributed by atoms with E-state index < -0.39 is 0 Å². The molecule has 1 aliphatic heterocycles. The van der Waals surface area contributed by atoms with Crippen LogP contribution in [0.1, 0.15) is 52.4 Å². The first-order chi connectivity index (χ1) is 7.31. The van der Waals surface area contributed by atoms with Crippen LogP contribution in [0.4, 0.5) is 0 Å². The summed E-state index contributed by atoms with van der Waals surface area (Å²) in [6, 6.07) is 1.38. The molecule has 1 saturated carbocycles. The van der Waals surface area contributed by atoms with Crippen molar-refractivity contribution in [1.29, 1.82) is 0 Å². The lowest BCUT2D eigenvalue weighted by Crippen LogP contribution is -2.46. The molecule has 4 atom stereocenters. The van der Waals surface area contributed by atoms with Crippen LogP contribution in [0.15, 0.2) is 0 Å². The Bertz CT molecular complexity index is 195. The van der Waals surface area contributed by atoms with Crippen LogP contribution in [0.2, 0.25) is 0 Å². The Hall–Kier alpha value is -0.0800. The number of nitrogens with one attached hydrogen (secondary N) is 1. The quantitative estimate of drug-likeness (QED) is 0.775. The average Bonchev–Trinajstić information content (AvgIpc) is 2.65. The number of rotatable bonds is 3. The zero-order valence-electron chi connectivity index (χ0n) is 10.2. The van der Waals surface area contributed by atoms with Crippen molar-refractivity contribution in [3.63, 3.8) is 0 Å². The Kier molecular flexibility index (Phi) is 4.04. The molecule has 2 aliphatic rings. The van der Waals surface area contributed by atoms with Crippen LogP contribution in [0.25, 0.3) is 0 Å². The third kappa shape index (κ3) is 2.73. The molecular formula is C13H25NO. The standard InChI is InChI=1S/C13H25NO/c1-3-11-6-4-5-7-13(11)14-12-8-9-15-10(12)2/h10-14H,3-9H2,1-2H3. The van der Waals surface area contributed by atoms with Crippen molar-refractivity contribution in [3.05, 3.63) is 0 Å². The van der Waals surface area contributed by atoms with E-state index in [0.29, 0.717) is 12.1 Å². The molecular weight excluding hydrogens is 186 g/mol. The maximum absolute atomic E-state index is 5.61. The SMILES string of the molecule is CCC1CCCCC1NC1CCOC1C. The van der Waals surface area contributed by atoms with E-state index in [-0.39, 0.29) is 0 Å². The molecule has 1 heterocycles. The molecule has 2 fully saturated rings. The summed E-state index contributed by atoms with van der Waals surface area (Å²) in [7, 11) is 0. The number of hydrogen-bond acceptors (Lipinski definition) is 2. The zero-order valence-corrected chi connectivity index (χ0v) is 10.2. The molecule has 0 aromatic carbocycles. The van der Waals surface area contributed by atoms with Crippen LogP contribution in [-0.2, 0) is 4.74 Å². The highest BCUT2D eigenvalue weighted by Gasteiger charge is 2.30. The van der Waals surface area contributed by atoms with Gasteiger partial charge in [0.15, 0.2) is 0 Å². The maximum atomic E-state index is 5.61. The number of hydrogen-bond donors (Lipinski definition) is 1. The highest BCUT2D eigenvalue weighted by atomic mass is 16.5. The van der Waals surface area contributed by atoms with E-state index in [4.69, 9.17) is 4.74 Å². The Morgan fingerprint density at radius 2 is 1.93 bits per heavy atom. The van der Waals surface area contributed by atoms with Crippen molar-refractivity contribution in [2.75, 3.05) is 6.61 Å². The van der Waals surface area contributed by atoms with Gasteiger partial charge in [-0.05, 0) is 32.1 Å². The van der Waals surface area contributed by atoms with Crippen LogP contribution in [0.5, 0.6) is 0 Å². The van der Waals surface area contributed by atoms with Gasteiger partial charge in [0.05, 0.1) is 6.10 Å². The summed E-state index contributed by atoms with van der Waals surface area (Å²) in [5.41, 5.74) is 0. The molecule has 2 heteroatoms. The van der Waals surface area contributed by atoms with Gasteiger partial charge in [0.2, 0.25) is 0 Å². The lowest BCUT2D eigenvalue weighted by molar-refractivity contribution is 0.105. The number of ether oxygens (including phenoxy) is 1. The summed E-state index contributed by atoms with van der Waals surface area (Å²) >= 11 is 0. The molecule has 88 valence electrons. The van der Waals surface area contributed by atoms with Gasteiger partial charge in [-0.25, -0.2) is 0 Å². The van der Waals surface area contributed by atoms with Gasteiger partial charge in [-0.2, -0.15) is 0 Å². The summed E-state index contributed by atoms with van der Waals surface area (Å²) in [5, 5.41) is 3.84. The topological polar surface area (TPSA) is 21.3 Å². The fourth-order valence-corrected chi connectivity index (χ4v) is 3.14. The van der Waals surface area contributed by atoms with E-state index in [1.165, 1.54) is 38.5 Å². The van der Waals surface area contributed by atoms with Crippen LogP contribution >= 0.6 is 0 Å². The van der Waals surface area contributed by atoms with Gasteiger partial charge in [-0.3, -0.25) is 0 Å². The molecule has 1 saturated heterocycles. The summed E-state index contributed by atoms with van der Waals surface area (Å²) in [6.45, 7) is 5.48. The molecule has 0 aromatic rings. The third-order valence-corrected chi connectivity index (χ3v) is 4.24. The van der Waals surface area contributed by atoms with E-state index in [2.05, 4.69) is 19.2 Å². The lowest BCUT2D eigenvalue weighted by Gasteiger charge is -2.34. The molecule has 4 unspecified atom stereocenters. The predicted molar refractivity (Wildman–Crippen MR) is 63.0 cm³/mol. The normalized spacial score (nSPS) is 42.0. The van der Waals surface area contributed by atoms with Crippen molar-refractivity contribution in [2.45, 2.75) is 70.6 Å². The van der Waals surface area contributed by atoms with Crippen molar-refractivity contribution < 1.29 is 4.74 Å². The van der Waals surface area contributed by atoms with E-state index in [1.807, 2.05) is 0 Å². The van der Waals surface area contributed by atoms with Crippen LogP contribution in [0.3, 0.4) is 0 Å². The largest absolute Gasteiger partial charge is 0.377 e. The van der Waals surface area contributed by atoms with Crippen molar-refractivity contribution in [2.24, 2.45) is 5.92 Å². The van der Waals surface area contributed by atoms with Crippen LogP contribution in [-0.4, -0.2) is 24.8 Å². The van der Waals surface area contributed by atoms with Gasteiger partial charge in [0.25, 0.3) is 0 Å². The molecule has 2 rings (SSSR count). The Morgan fingerprint density at radius 3 is 2.60 bits per heavy atom. The summed E-state index contributed by atoms with van der Waals surface area (Å²) in [4.78, 5) is 0. The third-order valence-electron chi connectivity index (χ3n) is 4.24. The minimum absolute atomic E-state index is 0.421. The molecule has 1 aliphatic carbocycles. The molecule has 0 bridgehead atoms. The van der Waals surface area contributed by atoms with E-state index in [1.54, 1.807) is 0 Å². The molecule has 1 N–H and O–H groups in total. The van der Waals surface area contributed by atoms with E-state index in [0.717, 1.165) is 18.6 Å². The van der Waals surface area contributed by atoms with Gasteiger partial charge in [0, 0.05) is 18.7 Å². The molecule has 0 spiro atoms.